The quantitative estimate of drug-likeness (QED) is 0.616. The number of hydrogen-bond donors (Lipinski definition) is 1. The molecule has 0 spiro atoms. The Kier molecular flexibility index (Phi) is 3.86. The van der Waals surface area contributed by atoms with E-state index in [0.717, 1.165) is 5.57 Å². The first-order valence-electron chi connectivity index (χ1n) is 3.87. The zero-order valence-electron chi connectivity index (χ0n) is 7.77. The molecule has 11 heavy (non-hydrogen) atoms. The molecule has 0 bridgehead atoms. The van der Waals surface area contributed by atoms with Crippen molar-refractivity contribution >= 4 is 5.91 Å². The van der Waals surface area contributed by atoms with Gasteiger partial charge >= 0.3 is 0 Å². The third-order valence-electron chi connectivity index (χ3n) is 1.73. The number of nitrogens with one attached hydrogen (secondary N) is 1. The lowest BCUT2D eigenvalue weighted by molar-refractivity contribution is -0.124. The molecule has 1 atom stereocenters. The average molecular weight is 155 g/mol. The maximum absolute atomic E-state index is 11.2. The molecule has 0 aliphatic heterocycles. The largest absolute Gasteiger partial charge is 0.359 e. The predicted molar refractivity (Wildman–Crippen MR) is 47.2 cm³/mol. The molecule has 1 N–H and O–H groups in total. The second-order valence-electron chi connectivity index (χ2n) is 3.18. The van der Waals surface area contributed by atoms with Crippen LogP contribution in [0.25, 0.3) is 0 Å². The lowest BCUT2D eigenvalue weighted by Gasteiger charge is -2.18. The Morgan fingerprint density at radius 3 is 2.00 bits per heavy atom. The van der Waals surface area contributed by atoms with Gasteiger partial charge in [-0.25, -0.2) is 0 Å². The Balaban J connectivity index is 4.34. The van der Waals surface area contributed by atoms with E-state index in [4.69, 9.17) is 0 Å². The molecule has 0 fully saturated rings. The highest BCUT2D eigenvalue weighted by Gasteiger charge is 2.20. The van der Waals surface area contributed by atoms with Gasteiger partial charge in [0.25, 0.3) is 0 Å². The van der Waals surface area contributed by atoms with Gasteiger partial charge in [-0.15, -0.1) is 0 Å². The van der Waals surface area contributed by atoms with Crippen molar-refractivity contribution in [2.75, 3.05) is 7.05 Å². The summed E-state index contributed by atoms with van der Waals surface area (Å²) in [6.45, 7) is 9.72. The second kappa shape index (κ2) is 4.16. The average Bonchev–Trinajstić information content (AvgIpc) is 1.85. The van der Waals surface area contributed by atoms with E-state index in [2.05, 4.69) is 11.9 Å². The van der Waals surface area contributed by atoms with Gasteiger partial charge in [-0.05, 0) is 12.8 Å². The molecule has 1 unspecified atom stereocenters. The van der Waals surface area contributed by atoms with Crippen LogP contribution in [0, 0.1) is 11.8 Å². The molecule has 0 heterocycles. The summed E-state index contributed by atoms with van der Waals surface area (Å²) < 4.78 is 0. The zero-order chi connectivity index (χ0) is 9.02. The van der Waals surface area contributed by atoms with E-state index in [-0.39, 0.29) is 11.8 Å². The van der Waals surface area contributed by atoms with Gasteiger partial charge in [-0.3, -0.25) is 4.79 Å². The topological polar surface area (TPSA) is 29.1 Å². The van der Waals surface area contributed by atoms with Crippen molar-refractivity contribution in [3.8, 4) is 0 Å². The van der Waals surface area contributed by atoms with Crippen LogP contribution < -0.4 is 5.32 Å². The van der Waals surface area contributed by atoms with Gasteiger partial charge < -0.3 is 5.32 Å². The fourth-order valence-electron chi connectivity index (χ4n) is 1.25. The summed E-state index contributed by atoms with van der Waals surface area (Å²) in [5, 5.41) is 2.63. The number of rotatable bonds is 3. The number of carbonyl (C=O) groups is 1. The van der Waals surface area contributed by atoms with Crippen molar-refractivity contribution in [3.05, 3.63) is 12.2 Å². The van der Waals surface area contributed by atoms with E-state index in [1.165, 1.54) is 0 Å². The fraction of sp³-hybridized carbons (Fsp3) is 0.667. The minimum Gasteiger partial charge on any atom is -0.359 e. The molecule has 0 aliphatic rings. The van der Waals surface area contributed by atoms with Gasteiger partial charge in [0.15, 0.2) is 0 Å². The zero-order valence-corrected chi connectivity index (χ0v) is 7.77. The first-order chi connectivity index (χ1) is 5.00. The highest BCUT2D eigenvalue weighted by Crippen LogP contribution is 2.18. The van der Waals surface area contributed by atoms with Gasteiger partial charge in [0.05, 0.1) is 5.92 Å². The number of amides is 1. The Morgan fingerprint density at radius 1 is 1.45 bits per heavy atom. The van der Waals surface area contributed by atoms with E-state index in [0.29, 0.717) is 5.92 Å². The van der Waals surface area contributed by atoms with E-state index in [9.17, 15) is 4.79 Å². The summed E-state index contributed by atoms with van der Waals surface area (Å²) >= 11 is 0. The monoisotopic (exact) mass is 155 g/mol. The van der Waals surface area contributed by atoms with E-state index in [1.807, 2.05) is 20.8 Å². The Labute approximate surface area is 68.7 Å². The van der Waals surface area contributed by atoms with Crippen molar-refractivity contribution in [3.63, 3.8) is 0 Å². The van der Waals surface area contributed by atoms with Crippen LogP contribution in [0.15, 0.2) is 12.2 Å². The normalized spacial score (nSPS) is 12.8. The highest BCUT2D eigenvalue weighted by atomic mass is 16.1. The van der Waals surface area contributed by atoms with Crippen LogP contribution in [0.3, 0.4) is 0 Å². The molecule has 0 aliphatic carbocycles. The molecule has 0 aromatic rings. The van der Waals surface area contributed by atoms with E-state index in [1.54, 1.807) is 7.05 Å². The Bertz CT molecular complexity index is 161. The standard InChI is InChI=1S/C9H17NO/c1-6(2)8(7(3)4)9(11)10-5/h7-8H,1H2,2-5H3,(H,10,11). The molecule has 2 nitrogen and oxygen atoms in total. The lowest BCUT2D eigenvalue weighted by Crippen LogP contribution is -2.31. The van der Waals surface area contributed by atoms with Crippen LogP contribution in [0.5, 0.6) is 0 Å². The van der Waals surface area contributed by atoms with Crippen LogP contribution in [0.2, 0.25) is 0 Å². The Morgan fingerprint density at radius 2 is 1.91 bits per heavy atom. The molecule has 64 valence electrons. The molecule has 0 rings (SSSR count). The first kappa shape index (κ1) is 10.2. The first-order valence-corrected chi connectivity index (χ1v) is 3.87. The minimum absolute atomic E-state index is 0.0417. The summed E-state index contributed by atoms with van der Waals surface area (Å²) in [6, 6.07) is 0. The molecule has 0 saturated heterocycles. The third-order valence-corrected chi connectivity index (χ3v) is 1.73. The third kappa shape index (κ3) is 2.74. The van der Waals surface area contributed by atoms with Gasteiger partial charge in [0, 0.05) is 7.05 Å². The van der Waals surface area contributed by atoms with Crippen molar-refractivity contribution in [2.45, 2.75) is 20.8 Å². The van der Waals surface area contributed by atoms with E-state index >= 15 is 0 Å². The van der Waals surface area contributed by atoms with Crippen LogP contribution in [-0.4, -0.2) is 13.0 Å². The molecule has 0 aromatic heterocycles. The van der Waals surface area contributed by atoms with Crippen molar-refractivity contribution < 1.29 is 4.79 Å². The molecule has 0 radical (unpaired) electrons. The highest BCUT2D eigenvalue weighted by molar-refractivity contribution is 5.81. The maximum Gasteiger partial charge on any atom is 0.227 e. The Hall–Kier alpha value is -0.790. The second-order valence-corrected chi connectivity index (χ2v) is 3.18. The van der Waals surface area contributed by atoms with Crippen LogP contribution in [0.4, 0.5) is 0 Å². The summed E-state index contributed by atoms with van der Waals surface area (Å²) in [6.07, 6.45) is 0. The molecule has 2 heteroatoms. The summed E-state index contributed by atoms with van der Waals surface area (Å²) in [7, 11) is 1.65. The van der Waals surface area contributed by atoms with Crippen LogP contribution >= 0.6 is 0 Å². The minimum atomic E-state index is -0.0417. The number of hydrogen-bond acceptors (Lipinski definition) is 1. The summed E-state index contributed by atoms with van der Waals surface area (Å²) in [5.74, 6) is 0.347. The lowest BCUT2D eigenvalue weighted by atomic mass is 9.89. The van der Waals surface area contributed by atoms with Gasteiger partial charge in [-0.2, -0.15) is 0 Å². The molecule has 0 saturated carbocycles. The van der Waals surface area contributed by atoms with Crippen LogP contribution in [0.1, 0.15) is 20.8 Å². The molecule has 0 aromatic carbocycles. The molecular weight excluding hydrogens is 138 g/mol. The summed E-state index contributed by atoms with van der Waals surface area (Å²) in [5.41, 5.74) is 0.930. The van der Waals surface area contributed by atoms with Crippen molar-refractivity contribution in [1.29, 1.82) is 0 Å². The molecular formula is C9H17NO. The SMILES string of the molecule is C=C(C)C(C(=O)NC)C(C)C. The van der Waals surface area contributed by atoms with Crippen LogP contribution in [-0.2, 0) is 4.79 Å². The number of carbonyl (C=O) groups excluding carboxylic acids is 1. The fourth-order valence-corrected chi connectivity index (χ4v) is 1.25. The van der Waals surface area contributed by atoms with Crippen molar-refractivity contribution in [2.24, 2.45) is 11.8 Å². The van der Waals surface area contributed by atoms with Gasteiger partial charge in [0.2, 0.25) is 5.91 Å². The van der Waals surface area contributed by atoms with Gasteiger partial charge in [0.1, 0.15) is 0 Å². The molecule has 1 amide bonds. The van der Waals surface area contributed by atoms with Crippen molar-refractivity contribution in [1.82, 2.24) is 5.32 Å². The predicted octanol–water partition coefficient (Wildman–Crippen LogP) is 1.58. The van der Waals surface area contributed by atoms with Gasteiger partial charge in [-0.1, -0.05) is 26.0 Å². The smallest absolute Gasteiger partial charge is 0.227 e. The summed E-state index contributed by atoms with van der Waals surface area (Å²) in [4.78, 5) is 11.2. The van der Waals surface area contributed by atoms with E-state index < -0.39 is 0 Å². The maximum atomic E-state index is 11.2.